The van der Waals surface area contributed by atoms with Crippen LogP contribution in [0.1, 0.15) is 30.9 Å². The van der Waals surface area contributed by atoms with Gasteiger partial charge in [-0.2, -0.15) is 4.72 Å². The number of rotatable bonds is 8. The van der Waals surface area contributed by atoms with E-state index in [-0.39, 0.29) is 10.8 Å². The molecule has 7 heteroatoms. The zero-order valence-corrected chi connectivity index (χ0v) is 16.9. The van der Waals surface area contributed by atoms with Crippen LogP contribution in [0.15, 0.2) is 59.5 Å². The molecule has 1 saturated heterocycles. The van der Waals surface area contributed by atoms with Gasteiger partial charge in [0, 0.05) is 13.1 Å². The van der Waals surface area contributed by atoms with Gasteiger partial charge in [0.2, 0.25) is 15.9 Å². The highest BCUT2D eigenvalue weighted by atomic mass is 32.2. The number of carbonyl (C=O) groups excluding carboxylic acids is 1. The molecular formula is C21H27N3O3S. The predicted molar refractivity (Wildman–Crippen MR) is 109 cm³/mol. The Morgan fingerprint density at radius 3 is 2.25 bits per heavy atom. The van der Waals surface area contributed by atoms with Crippen LogP contribution >= 0.6 is 0 Å². The van der Waals surface area contributed by atoms with Crippen molar-refractivity contribution in [3.8, 4) is 0 Å². The number of benzene rings is 2. The molecule has 0 aromatic heterocycles. The number of amides is 1. The van der Waals surface area contributed by atoms with Gasteiger partial charge >= 0.3 is 0 Å². The number of hydrogen-bond donors (Lipinski definition) is 2. The molecule has 1 heterocycles. The Bertz CT molecular complexity index is 877. The van der Waals surface area contributed by atoms with Crippen LogP contribution in [-0.4, -0.2) is 38.4 Å². The molecule has 2 aromatic carbocycles. The molecule has 1 aliphatic rings. The van der Waals surface area contributed by atoms with Crippen LogP contribution in [0.5, 0.6) is 0 Å². The Hall–Kier alpha value is -2.22. The lowest BCUT2D eigenvalue weighted by atomic mass is 10.1. The summed E-state index contributed by atoms with van der Waals surface area (Å²) < 4.78 is 27.0. The molecule has 2 N–H and O–H groups in total. The molecule has 6 nitrogen and oxygen atoms in total. The lowest BCUT2D eigenvalue weighted by Gasteiger charge is -2.16. The van der Waals surface area contributed by atoms with Gasteiger partial charge in [0.1, 0.15) is 0 Å². The summed E-state index contributed by atoms with van der Waals surface area (Å²) in [4.78, 5) is 14.9. The smallest absolute Gasteiger partial charge is 0.241 e. The highest BCUT2D eigenvalue weighted by Crippen LogP contribution is 2.13. The van der Waals surface area contributed by atoms with E-state index in [2.05, 4.69) is 27.1 Å². The van der Waals surface area contributed by atoms with Crippen molar-refractivity contribution in [1.82, 2.24) is 14.9 Å². The number of nitrogens with one attached hydrogen (secondary N) is 2. The number of likely N-dealkylation sites (tertiary alicyclic amines) is 1. The molecule has 150 valence electrons. The maximum Gasteiger partial charge on any atom is 0.241 e. The molecule has 28 heavy (non-hydrogen) atoms. The van der Waals surface area contributed by atoms with Gasteiger partial charge in [-0.3, -0.25) is 9.69 Å². The van der Waals surface area contributed by atoms with Gasteiger partial charge in [-0.05, 0) is 56.1 Å². The molecule has 1 fully saturated rings. The van der Waals surface area contributed by atoms with Gasteiger partial charge in [0.15, 0.2) is 0 Å². The monoisotopic (exact) mass is 401 g/mol. The van der Waals surface area contributed by atoms with Crippen LogP contribution in [0, 0.1) is 0 Å². The Morgan fingerprint density at radius 1 is 1.00 bits per heavy atom. The zero-order valence-electron chi connectivity index (χ0n) is 16.1. The van der Waals surface area contributed by atoms with Crippen molar-refractivity contribution < 1.29 is 13.2 Å². The SMILES string of the molecule is C[C@H](NS(=O)(=O)c1ccccc1)C(=O)NCc1ccc(CN2CCCC2)cc1. The third-order valence-electron chi connectivity index (χ3n) is 4.87. The lowest BCUT2D eigenvalue weighted by Crippen LogP contribution is -2.44. The highest BCUT2D eigenvalue weighted by Gasteiger charge is 2.21. The van der Waals surface area contributed by atoms with Gasteiger partial charge in [-0.15, -0.1) is 0 Å². The van der Waals surface area contributed by atoms with Crippen molar-refractivity contribution in [1.29, 1.82) is 0 Å². The minimum atomic E-state index is -3.72. The van der Waals surface area contributed by atoms with E-state index in [1.807, 2.05) is 12.1 Å². The second kappa shape index (κ2) is 9.32. The quantitative estimate of drug-likeness (QED) is 0.711. The van der Waals surface area contributed by atoms with E-state index in [9.17, 15) is 13.2 Å². The summed E-state index contributed by atoms with van der Waals surface area (Å²) in [5.41, 5.74) is 2.25. The van der Waals surface area contributed by atoms with E-state index in [1.165, 1.54) is 37.5 Å². The first-order valence-electron chi connectivity index (χ1n) is 9.59. The summed E-state index contributed by atoms with van der Waals surface area (Å²) in [5, 5.41) is 2.79. The van der Waals surface area contributed by atoms with E-state index in [4.69, 9.17) is 0 Å². The number of nitrogens with zero attached hydrogens (tertiary/aromatic N) is 1. The first-order valence-corrected chi connectivity index (χ1v) is 11.1. The molecule has 0 saturated carbocycles. The minimum absolute atomic E-state index is 0.142. The average Bonchev–Trinajstić information content (AvgIpc) is 3.20. The predicted octanol–water partition coefficient (Wildman–Crippen LogP) is 2.27. The van der Waals surface area contributed by atoms with E-state index < -0.39 is 16.1 Å². The van der Waals surface area contributed by atoms with Crippen LogP contribution in [-0.2, 0) is 27.9 Å². The minimum Gasteiger partial charge on any atom is -0.351 e. The molecule has 1 atom stereocenters. The van der Waals surface area contributed by atoms with Crippen molar-refractivity contribution in [2.24, 2.45) is 0 Å². The van der Waals surface area contributed by atoms with Crippen LogP contribution in [0.2, 0.25) is 0 Å². The van der Waals surface area contributed by atoms with Gasteiger partial charge in [-0.1, -0.05) is 42.5 Å². The molecule has 2 aromatic rings. The fraction of sp³-hybridized carbons (Fsp3) is 0.381. The molecule has 1 aliphatic heterocycles. The molecule has 0 bridgehead atoms. The van der Waals surface area contributed by atoms with Gasteiger partial charge in [-0.25, -0.2) is 8.42 Å². The zero-order chi connectivity index (χ0) is 20.0. The molecule has 0 radical (unpaired) electrons. The Balaban J connectivity index is 1.49. The lowest BCUT2D eigenvalue weighted by molar-refractivity contribution is -0.122. The van der Waals surface area contributed by atoms with Gasteiger partial charge in [0.05, 0.1) is 10.9 Å². The standard InChI is InChI=1S/C21H27N3O3S/c1-17(23-28(26,27)20-7-3-2-4-8-20)21(25)22-15-18-9-11-19(12-10-18)16-24-13-5-6-14-24/h2-4,7-12,17,23H,5-6,13-16H2,1H3,(H,22,25)/t17-/m0/s1. The fourth-order valence-corrected chi connectivity index (χ4v) is 4.48. The third-order valence-corrected chi connectivity index (χ3v) is 6.43. The van der Waals surface area contributed by atoms with E-state index in [0.717, 1.165) is 25.2 Å². The average molecular weight is 402 g/mol. The number of carbonyl (C=O) groups is 1. The molecule has 0 spiro atoms. The Kier molecular flexibility index (Phi) is 6.83. The number of sulfonamides is 1. The van der Waals surface area contributed by atoms with Crippen LogP contribution in [0.25, 0.3) is 0 Å². The summed E-state index contributed by atoms with van der Waals surface area (Å²) in [6.45, 7) is 5.18. The molecule has 3 rings (SSSR count). The number of hydrogen-bond acceptors (Lipinski definition) is 4. The van der Waals surface area contributed by atoms with Crippen molar-refractivity contribution >= 4 is 15.9 Å². The van der Waals surface area contributed by atoms with Crippen molar-refractivity contribution in [2.45, 2.75) is 43.8 Å². The highest BCUT2D eigenvalue weighted by molar-refractivity contribution is 7.89. The summed E-state index contributed by atoms with van der Waals surface area (Å²) in [6, 6.07) is 15.3. The molecule has 1 amide bonds. The Labute approximate surface area is 167 Å². The first kappa shape index (κ1) is 20.5. The van der Waals surface area contributed by atoms with Crippen LogP contribution < -0.4 is 10.0 Å². The topological polar surface area (TPSA) is 78.5 Å². The molecular weight excluding hydrogens is 374 g/mol. The third kappa shape index (κ3) is 5.64. The summed E-state index contributed by atoms with van der Waals surface area (Å²) in [6.07, 6.45) is 2.55. The van der Waals surface area contributed by atoms with Crippen molar-refractivity contribution in [3.05, 3.63) is 65.7 Å². The molecule has 0 unspecified atom stereocenters. The van der Waals surface area contributed by atoms with Crippen molar-refractivity contribution in [3.63, 3.8) is 0 Å². The van der Waals surface area contributed by atoms with Crippen LogP contribution in [0.3, 0.4) is 0 Å². The van der Waals surface area contributed by atoms with E-state index >= 15 is 0 Å². The van der Waals surface area contributed by atoms with E-state index in [0.29, 0.717) is 6.54 Å². The first-order chi connectivity index (χ1) is 13.4. The van der Waals surface area contributed by atoms with Crippen molar-refractivity contribution in [2.75, 3.05) is 13.1 Å². The molecule has 0 aliphatic carbocycles. The summed E-state index contributed by atoms with van der Waals surface area (Å²) in [7, 11) is -3.72. The Morgan fingerprint density at radius 2 is 1.61 bits per heavy atom. The summed E-state index contributed by atoms with van der Waals surface area (Å²) in [5.74, 6) is -0.361. The largest absolute Gasteiger partial charge is 0.351 e. The maximum absolute atomic E-state index is 12.3. The van der Waals surface area contributed by atoms with Crippen LogP contribution in [0.4, 0.5) is 0 Å². The second-order valence-electron chi connectivity index (χ2n) is 7.17. The fourth-order valence-electron chi connectivity index (χ4n) is 3.26. The van der Waals surface area contributed by atoms with Gasteiger partial charge < -0.3 is 5.32 Å². The van der Waals surface area contributed by atoms with E-state index in [1.54, 1.807) is 18.2 Å². The second-order valence-corrected chi connectivity index (χ2v) is 8.89. The summed E-state index contributed by atoms with van der Waals surface area (Å²) >= 11 is 0. The van der Waals surface area contributed by atoms with Gasteiger partial charge in [0.25, 0.3) is 0 Å². The normalized spacial score (nSPS) is 16.0. The maximum atomic E-state index is 12.3.